The molecule has 0 saturated heterocycles. The van der Waals surface area contributed by atoms with Crippen molar-refractivity contribution in [3.05, 3.63) is 77.6 Å². The second-order valence-electron chi connectivity index (χ2n) is 6.95. The van der Waals surface area contributed by atoms with Gasteiger partial charge in [0.25, 0.3) is 5.91 Å². The van der Waals surface area contributed by atoms with Crippen LogP contribution in [0.4, 0.5) is 5.69 Å². The number of nitrogens with two attached hydrogens (primary N) is 1. The number of hydrogen-bond acceptors (Lipinski definition) is 6. The molecule has 9 nitrogen and oxygen atoms in total. The lowest BCUT2D eigenvalue weighted by atomic mass is 10.1. The molecule has 0 radical (unpaired) electrons. The van der Waals surface area contributed by atoms with Gasteiger partial charge >= 0.3 is 5.97 Å². The van der Waals surface area contributed by atoms with Gasteiger partial charge in [-0.05, 0) is 55.5 Å². The monoisotopic (exact) mass is 451 g/mol. The van der Waals surface area contributed by atoms with E-state index in [-0.39, 0.29) is 16.0 Å². The fraction of sp³-hybridized carbons (Fsp3) is 0.0455. The number of rotatable bonds is 5. The SMILES string of the molecule is CC1=NN(c2ccc(S(N)(=O)=O)cc2)C(=O)/C1=C/c1ccc(-c2ccccc2C(=O)O)o1. The van der Waals surface area contributed by atoms with Gasteiger partial charge in [-0.25, -0.2) is 18.4 Å². The van der Waals surface area contributed by atoms with Gasteiger partial charge in [-0.3, -0.25) is 4.79 Å². The van der Waals surface area contributed by atoms with Gasteiger partial charge in [0.15, 0.2) is 0 Å². The molecule has 2 aromatic carbocycles. The summed E-state index contributed by atoms with van der Waals surface area (Å²) in [6, 6.07) is 15.2. The standard InChI is InChI=1S/C22H17N3O6S/c1-13-19(21(26)25(24-13)14-6-9-16(10-7-14)32(23,29)30)12-15-8-11-20(31-15)17-4-2-3-5-18(17)22(27)28/h2-12H,1H3,(H,27,28)(H2,23,29,30)/b19-12+. The summed E-state index contributed by atoms with van der Waals surface area (Å²) in [5, 5.41) is 19.9. The third-order valence-corrected chi connectivity index (χ3v) is 5.74. The average molecular weight is 451 g/mol. The molecule has 1 aliphatic rings. The summed E-state index contributed by atoms with van der Waals surface area (Å²) >= 11 is 0. The molecular weight excluding hydrogens is 434 g/mol. The van der Waals surface area contributed by atoms with Crippen LogP contribution in [0.2, 0.25) is 0 Å². The first-order chi connectivity index (χ1) is 15.1. The van der Waals surface area contributed by atoms with Gasteiger partial charge < -0.3 is 9.52 Å². The summed E-state index contributed by atoms with van der Waals surface area (Å²) in [5.74, 6) is -0.792. The number of amides is 1. The summed E-state index contributed by atoms with van der Waals surface area (Å²) in [6.07, 6.45) is 1.52. The van der Waals surface area contributed by atoms with E-state index in [4.69, 9.17) is 9.56 Å². The summed E-state index contributed by atoms with van der Waals surface area (Å²) in [7, 11) is -3.85. The molecule has 0 spiro atoms. The van der Waals surface area contributed by atoms with E-state index in [1.807, 2.05) is 0 Å². The Bertz CT molecular complexity index is 1400. The van der Waals surface area contributed by atoms with Crippen LogP contribution in [0.25, 0.3) is 17.4 Å². The lowest BCUT2D eigenvalue weighted by Gasteiger charge is -2.12. The van der Waals surface area contributed by atoms with Gasteiger partial charge in [-0.1, -0.05) is 18.2 Å². The number of hydrogen-bond donors (Lipinski definition) is 2. The summed E-state index contributed by atoms with van der Waals surface area (Å²) in [6.45, 7) is 1.66. The zero-order valence-corrected chi connectivity index (χ0v) is 17.5. The van der Waals surface area contributed by atoms with Gasteiger partial charge in [-0.2, -0.15) is 10.1 Å². The molecular formula is C22H17N3O6S. The Labute approximate surface area is 183 Å². The number of anilines is 1. The minimum Gasteiger partial charge on any atom is -0.478 e. The Balaban J connectivity index is 1.62. The van der Waals surface area contributed by atoms with Gasteiger partial charge in [-0.15, -0.1) is 0 Å². The number of carbonyl (C=O) groups excluding carboxylic acids is 1. The molecule has 2 heterocycles. The van der Waals surface area contributed by atoms with Crippen molar-refractivity contribution in [1.29, 1.82) is 0 Å². The van der Waals surface area contributed by atoms with Crippen LogP contribution in [-0.4, -0.2) is 31.1 Å². The molecule has 1 amide bonds. The van der Waals surface area contributed by atoms with Crippen molar-refractivity contribution in [2.75, 3.05) is 5.01 Å². The number of furan rings is 1. The lowest BCUT2D eigenvalue weighted by molar-refractivity contribution is -0.114. The number of benzene rings is 2. The molecule has 32 heavy (non-hydrogen) atoms. The highest BCUT2D eigenvalue weighted by molar-refractivity contribution is 7.89. The Morgan fingerprint density at radius 2 is 1.78 bits per heavy atom. The van der Waals surface area contributed by atoms with E-state index in [2.05, 4.69) is 5.10 Å². The summed E-state index contributed by atoms with van der Waals surface area (Å²) in [5.41, 5.74) is 1.62. The molecule has 10 heteroatoms. The molecule has 3 aromatic rings. The first-order valence-electron chi connectivity index (χ1n) is 9.32. The van der Waals surface area contributed by atoms with Crippen molar-refractivity contribution in [2.24, 2.45) is 10.2 Å². The van der Waals surface area contributed by atoms with Crippen LogP contribution < -0.4 is 10.1 Å². The van der Waals surface area contributed by atoms with Crippen molar-refractivity contribution in [3.8, 4) is 11.3 Å². The first-order valence-corrected chi connectivity index (χ1v) is 10.9. The van der Waals surface area contributed by atoms with E-state index in [1.54, 1.807) is 37.3 Å². The highest BCUT2D eigenvalue weighted by atomic mass is 32.2. The zero-order valence-electron chi connectivity index (χ0n) is 16.7. The van der Waals surface area contributed by atoms with Gasteiger partial charge in [0.2, 0.25) is 10.0 Å². The van der Waals surface area contributed by atoms with Crippen molar-refractivity contribution in [2.45, 2.75) is 11.8 Å². The average Bonchev–Trinajstić information content (AvgIpc) is 3.33. The van der Waals surface area contributed by atoms with E-state index in [0.29, 0.717) is 28.5 Å². The van der Waals surface area contributed by atoms with Crippen molar-refractivity contribution < 1.29 is 27.5 Å². The van der Waals surface area contributed by atoms with E-state index in [1.165, 1.54) is 36.4 Å². The van der Waals surface area contributed by atoms with E-state index in [0.717, 1.165) is 5.01 Å². The van der Waals surface area contributed by atoms with Gasteiger partial charge in [0.05, 0.1) is 27.4 Å². The molecule has 1 aliphatic heterocycles. The number of carbonyl (C=O) groups is 2. The highest BCUT2D eigenvalue weighted by Gasteiger charge is 2.29. The largest absolute Gasteiger partial charge is 0.478 e. The fourth-order valence-electron chi connectivity index (χ4n) is 3.24. The molecule has 1 aromatic heterocycles. The molecule has 3 N–H and O–H groups in total. The molecule has 162 valence electrons. The fourth-order valence-corrected chi connectivity index (χ4v) is 3.75. The van der Waals surface area contributed by atoms with Crippen LogP contribution in [0.15, 0.2) is 80.7 Å². The maximum Gasteiger partial charge on any atom is 0.336 e. The Morgan fingerprint density at radius 1 is 1.09 bits per heavy atom. The van der Waals surface area contributed by atoms with Crippen LogP contribution in [0.3, 0.4) is 0 Å². The van der Waals surface area contributed by atoms with E-state index in [9.17, 15) is 23.1 Å². The number of carboxylic acid groups (broad SMARTS) is 1. The predicted octanol–water partition coefficient (Wildman–Crippen LogP) is 3.10. The van der Waals surface area contributed by atoms with E-state index >= 15 is 0 Å². The minimum absolute atomic E-state index is 0.0749. The van der Waals surface area contributed by atoms with Crippen LogP contribution >= 0.6 is 0 Å². The minimum atomic E-state index is -3.85. The zero-order chi connectivity index (χ0) is 23.0. The highest BCUT2D eigenvalue weighted by Crippen LogP contribution is 2.29. The Kier molecular flexibility index (Phi) is 5.25. The number of aromatic carboxylic acids is 1. The molecule has 4 rings (SSSR count). The van der Waals surface area contributed by atoms with Gasteiger partial charge in [0, 0.05) is 5.56 Å². The second-order valence-corrected chi connectivity index (χ2v) is 8.51. The third-order valence-electron chi connectivity index (χ3n) is 4.81. The quantitative estimate of drug-likeness (QED) is 0.571. The Hall–Kier alpha value is -4.02. The molecule has 0 fully saturated rings. The van der Waals surface area contributed by atoms with Crippen LogP contribution in [0, 0.1) is 0 Å². The second kappa shape index (κ2) is 7.91. The van der Waals surface area contributed by atoms with Crippen LogP contribution in [-0.2, 0) is 14.8 Å². The normalized spacial score (nSPS) is 15.3. The van der Waals surface area contributed by atoms with Crippen molar-refractivity contribution >= 4 is 39.4 Å². The Morgan fingerprint density at radius 3 is 2.44 bits per heavy atom. The smallest absolute Gasteiger partial charge is 0.336 e. The number of sulfonamides is 1. The number of primary sulfonamides is 1. The molecule has 0 bridgehead atoms. The third kappa shape index (κ3) is 3.96. The van der Waals surface area contributed by atoms with Crippen LogP contribution in [0.5, 0.6) is 0 Å². The van der Waals surface area contributed by atoms with E-state index < -0.39 is 21.9 Å². The first kappa shape index (κ1) is 21.2. The lowest BCUT2D eigenvalue weighted by Crippen LogP contribution is -2.21. The van der Waals surface area contributed by atoms with Crippen molar-refractivity contribution in [1.82, 2.24) is 0 Å². The maximum atomic E-state index is 12.9. The molecule has 0 saturated carbocycles. The van der Waals surface area contributed by atoms with Crippen LogP contribution in [0.1, 0.15) is 23.0 Å². The molecule has 0 aliphatic carbocycles. The predicted molar refractivity (Wildman–Crippen MR) is 117 cm³/mol. The maximum absolute atomic E-state index is 12.9. The van der Waals surface area contributed by atoms with Crippen molar-refractivity contribution in [3.63, 3.8) is 0 Å². The van der Waals surface area contributed by atoms with Gasteiger partial charge in [0.1, 0.15) is 11.5 Å². The molecule has 0 unspecified atom stereocenters. The summed E-state index contributed by atoms with van der Waals surface area (Å²) < 4.78 is 28.6. The summed E-state index contributed by atoms with van der Waals surface area (Å²) in [4.78, 5) is 24.3. The number of nitrogens with zero attached hydrogens (tertiary/aromatic N) is 2. The topological polar surface area (TPSA) is 143 Å². The molecule has 0 atom stereocenters. The number of carboxylic acids is 1. The number of hydrazone groups is 1.